The van der Waals surface area contributed by atoms with Crippen LogP contribution >= 0.6 is 35.2 Å². The molecule has 3 aromatic rings. The number of benzene rings is 2. The van der Waals surface area contributed by atoms with Crippen molar-refractivity contribution in [2.75, 3.05) is 6.79 Å². The third-order valence-electron chi connectivity index (χ3n) is 3.42. The average Bonchev–Trinajstić information content (AvgIpc) is 3.13. The molecule has 0 fully saturated rings. The van der Waals surface area contributed by atoms with Gasteiger partial charge in [-0.25, -0.2) is 0 Å². The van der Waals surface area contributed by atoms with Crippen molar-refractivity contribution in [3.05, 3.63) is 51.4 Å². The Balaban J connectivity index is 1.85. The lowest BCUT2D eigenvalue weighted by Gasteiger charge is -2.05. The molecule has 1 aliphatic rings. The molecule has 0 saturated carbocycles. The summed E-state index contributed by atoms with van der Waals surface area (Å²) in [6, 6.07) is 13.6. The molecular weight excluding hydrogens is 338 g/mol. The summed E-state index contributed by atoms with van der Waals surface area (Å²) in [6.07, 6.45) is 0. The summed E-state index contributed by atoms with van der Waals surface area (Å²) in [5.74, 6) is 1.52. The van der Waals surface area contributed by atoms with Gasteiger partial charge in [0.2, 0.25) is 6.79 Å². The van der Waals surface area contributed by atoms with Crippen molar-refractivity contribution in [3.8, 4) is 33.2 Å². The summed E-state index contributed by atoms with van der Waals surface area (Å²) >= 11 is 12.8. The second-order valence-corrected chi connectivity index (χ2v) is 6.92. The van der Waals surface area contributed by atoms with E-state index in [1.807, 2.05) is 42.5 Å². The lowest BCUT2D eigenvalue weighted by Crippen LogP contribution is -1.92. The highest BCUT2D eigenvalue weighted by atomic mass is 35.5. The number of rotatable bonds is 2. The van der Waals surface area contributed by atoms with E-state index in [4.69, 9.17) is 33.3 Å². The molecular formula is C16H10ClNO2S2. The lowest BCUT2D eigenvalue weighted by atomic mass is 10.1. The summed E-state index contributed by atoms with van der Waals surface area (Å²) in [6.45, 7) is 0.266. The van der Waals surface area contributed by atoms with Gasteiger partial charge in [0.05, 0.1) is 10.6 Å². The number of aromatic amines is 1. The Morgan fingerprint density at radius 2 is 1.73 bits per heavy atom. The molecule has 1 aliphatic heterocycles. The zero-order valence-corrected chi connectivity index (χ0v) is 13.6. The molecule has 0 atom stereocenters. The Hall–Kier alpha value is -1.82. The zero-order chi connectivity index (χ0) is 15.1. The van der Waals surface area contributed by atoms with Gasteiger partial charge in [-0.05, 0) is 48.1 Å². The summed E-state index contributed by atoms with van der Waals surface area (Å²) < 4.78 is 11.5. The minimum atomic E-state index is 0.266. The van der Waals surface area contributed by atoms with Gasteiger partial charge in [0, 0.05) is 10.6 Å². The molecule has 0 saturated heterocycles. The third kappa shape index (κ3) is 2.41. The minimum Gasteiger partial charge on any atom is -0.454 e. The normalized spacial score (nSPS) is 12.6. The van der Waals surface area contributed by atoms with Crippen LogP contribution < -0.4 is 9.47 Å². The molecule has 2 heterocycles. The fraction of sp³-hybridized carbons (Fsp3) is 0.0625. The first-order chi connectivity index (χ1) is 10.7. The van der Waals surface area contributed by atoms with Crippen molar-refractivity contribution in [3.63, 3.8) is 0 Å². The van der Waals surface area contributed by atoms with Crippen molar-refractivity contribution in [2.24, 2.45) is 0 Å². The molecule has 2 aromatic carbocycles. The molecule has 3 nitrogen and oxygen atoms in total. The van der Waals surface area contributed by atoms with E-state index in [0.717, 1.165) is 37.2 Å². The van der Waals surface area contributed by atoms with Gasteiger partial charge >= 0.3 is 0 Å². The molecule has 0 amide bonds. The van der Waals surface area contributed by atoms with Crippen LogP contribution in [-0.4, -0.2) is 11.8 Å². The first-order valence-electron chi connectivity index (χ1n) is 6.60. The fourth-order valence-corrected chi connectivity index (χ4v) is 3.73. The van der Waals surface area contributed by atoms with Crippen LogP contribution in [0, 0.1) is 3.95 Å². The standard InChI is InChI=1S/C16H10ClNO2S2/c17-11-4-1-9(2-5-11)15-14(18-16(21)22-15)10-3-6-12-13(7-10)20-8-19-12/h1-7H,8H2,(H,18,21). The van der Waals surface area contributed by atoms with E-state index in [1.54, 1.807) is 11.3 Å². The van der Waals surface area contributed by atoms with Crippen LogP contribution in [0.4, 0.5) is 0 Å². The summed E-state index contributed by atoms with van der Waals surface area (Å²) in [7, 11) is 0. The zero-order valence-electron chi connectivity index (χ0n) is 11.3. The molecule has 22 heavy (non-hydrogen) atoms. The van der Waals surface area contributed by atoms with Crippen molar-refractivity contribution < 1.29 is 9.47 Å². The maximum Gasteiger partial charge on any atom is 0.231 e. The molecule has 0 unspecified atom stereocenters. The second kappa shape index (κ2) is 5.43. The second-order valence-electron chi connectivity index (χ2n) is 4.79. The molecule has 4 rings (SSSR count). The minimum absolute atomic E-state index is 0.266. The number of ether oxygens (including phenoxy) is 2. The predicted molar refractivity (Wildman–Crippen MR) is 91.5 cm³/mol. The van der Waals surface area contributed by atoms with Gasteiger partial charge < -0.3 is 14.5 Å². The Labute approximate surface area is 141 Å². The van der Waals surface area contributed by atoms with Crippen LogP contribution in [0.25, 0.3) is 21.7 Å². The largest absolute Gasteiger partial charge is 0.454 e. The number of halogens is 1. The Kier molecular flexibility index (Phi) is 3.41. The highest BCUT2D eigenvalue weighted by molar-refractivity contribution is 7.73. The first-order valence-corrected chi connectivity index (χ1v) is 8.20. The van der Waals surface area contributed by atoms with E-state index in [0.29, 0.717) is 5.02 Å². The van der Waals surface area contributed by atoms with Gasteiger partial charge in [-0.1, -0.05) is 23.7 Å². The summed E-state index contributed by atoms with van der Waals surface area (Å²) in [5.41, 5.74) is 3.08. The molecule has 0 spiro atoms. The number of hydrogen-bond donors (Lipinski definition) is 1. The van der Waals surface area contributed by atoms with Crippen molar-refractivity contribution >= 4 is 35.2 Å². The van der Waals surface area contributed by atoms with Crippen LogP contribution in [0.5, 0.6) is 11.5 Å². The molecule has 0 bridgehead atoms. The number of thiazole rings is 1. The Morgan fingerprint density at radius 3 is 2.55 bits per heavy atom. The smallest absolute Gasteiger partial charge is 0.231 e. The molecule has 110 valence electrons. The number of H-pyrrole nitrogens is 1. The van der Waals surface area contributed by atoms with Crippen LogP contribution in [0.3, 0.4) is 0 Å². The summed E-state index contributed by atoms with van der Waals surface area (Å²) in [5, 5.41) is 0.715. The van der Waals surface area contributed by atoms with E-state index in [9.17, 15) is 0 Å². The summed E-state index contributed by atoms with van der Waals surface area (Å²) in [4.78, 5) is 4.35. The lowest BCUT2D eigenvalue weighted by molar-refractivity contribution is 0.174. The van der Waals surface area contributed by atoms with Gasteiger partial charge in [-0.15, -0.1) is 11.3 Å². The highest BCUT2D eigenvalue weighted by Crippen LogP contribution is 2.40. The SMILES string of the molecule is S=c1[nH]c(-c2ccc3c(c2)OCO3)c(-c2ccc(Cl)cc2)s1. The maximum atomic E-state index is 5.97. The number of fused-ring (bicyclic) bond motifs is 1. The highest BCUT2D eigenvalue weighted by Gasteiger charge is 2.17. The van der Waals surface area contributed by atoms with Gasteiger partial charge in [-0.2, -0.15) is 0 Å². The van der Waals surface area contributed by atoms with Gasteiger partial charge in [0.25, 0.3) is 0 Å². The monoisotopic (exact) mass is 347 g/mol. The number of hydrogen-bond acceptors (Lipinski definition) is 4. The van der Waals surface area contributed by atoms with E-state index in [2.05, 4.69) is 4.98 Å². The maximum absolute atomic E-state index is 5.97. The van der Waals surface area contributed by atoms with Gasteiger partial charge in [0.1, 0.15) is 0 Å². The number of aromatic nitrogens is 1. The average molecular weight is 348 g/mol. The van der Waals surface area contributed by atoms with E-state index >= 15 is 0 Å². The third-order valence-corrected chi connectivity index (χ3v) is 4.95. The van der Waals surface area contributed by atoms with Crippen LogP contribution in [0.2, 0.25) is 5.02 Å². The van der Waals surface area contributed by atoms with E-state index in [1.165, 1.54) is 0 Å². The van der Waals surface area contributed by atoms with Crippen LogP contribution in [0.15, 0.2) is 42.5 Å². The van der Waals surface area contributed by atoms with Crippen molar-refractivity contribution in [1.82, 2.24) is 4.98 Å². The van der Waals surface area contributed by atoms with E-state index < -0.39 is 0 Å². The van der Waals surface area contributed by atoms with Crippen LogP contribution in [-0.2, 0) is 0 Å². The number of nitrogens with one attached hydrogen (secondary N) is 1. The van der Waals surface area contributed by atoms with Crippen molar-refractivity contribution in [1.29, 1.82) is 0 Å². The Morgan fingerprint density at radius 1 is 1.00 bits per heavy atom. The van der Waals surface area contributed by atoms with E-state index in [-0.39, 0.29) is 6.79 Å². The fourth-order valence-electron chi connectivity index (χ4n) is 2.39. The van der Waals surface area contributed by atoms with Crippen molar-refractivity contribution in [2.45, 2.75) is 0 Å². The molecule has 1 aromatic heterocycles. The quantitative estimate of drug-likeness (QED) is 0.619. The Bertz CT molecular complexity index is 899. The molecule has 1 N–H and O–H groups in total. The molecule has 0 radical (unpaired) electrons. The molecule has 6 heteroatoms. The van der Waals surface area contributed by atoms with Crippen LogP contribution in [0.1, 0.15) is 0 Å². The molecule has 0 aliphatic carbocycles. The predicted octanol–water partition coefficient (Wildman–Crippen LogP) is 5.52. The first kappa shape index (κ1) is 13.8. The van der Waals surface area contributed by atoms with Gasteiger partial charge in [0.15, 0.2) is 15.5 Å². The van der Waals surface area contributed by atoms with Gasteiger partial charge in [-0.3, -0.25) is 0 Å². The topological polar surface area (TPSA) is 34.2 Å².